The molecular formula is C17H34N2O. The second-order valence-corrected chi connectivity index (χ2v) is 7.10. The fourth-order valence-corrected chi connectivity index (χ4v) is 3.98. The highest BCUT2D eigenvalue weighted by Gasteiger charge is 2.33. The Labute approximate surface area is 125 Å². The molecule has 1 N–H and O–H groups in total. The van der Waals surface area contributed by atoms with E-state index < -0.39 is 0 Å². The van der Waals surface area contributed by atoms with Crippen LogP contribution in [0.15, 0.2) is 0 Å². The molecular weight excluding hydrogens is 248 g/mol. The standard InChI is InChI=1S/C17H34N2O/c1-4-11-18-16(15-8-5-6-9-15)13-19-12-7-10-17(2,14-19)20-3/h15-16,18H,4-14H2,1-3H3. The molecule has 3 heteroatoms. The van der Waals surface area contributed by atoms with Crippen molar-refractivity contribution in [1.29, 1.82) is 0 Å². The van der Waals surface area contributed by atoms with Crippen LogP contribution in [0.2, 0.25) is 0 Å². The van der Waals surface area contributed by atoms with Gasteiger partial charge < -0.3 is 10.1 Å². The molecule has 2 fully saturated rings. The Morgan fingerprint density at radius 3 is 2.70 bits per heavy atom. The third-order valence-corrected chi connectivity index (χ3v) is 5.31. The van der Waals surface area contributed by atoms with E-state index >= 15 is 0 Å². The van der Waals surface area contributed by atoms with Gasteiger partial charge in [0.1, 0.15) is 0 Å². The van der Waals surface area contributed by atoms with Gasteiger partial charge in [0, 0.05) is 26.2 Å². The molecule has 0 bridgehead atoms. The van der Waals surface area contributed by atoms with Gasteiger partial charge in [-0.2, -0.15) is 0 Å². The molecule has 1 saturated heterocycles. The first kappa shape index (κ1) is 16.3. The van der Waals surface area contributed by atoms with Gasteiger partial charge in [0.05, 0.1) is 5.60 Å². The monoisotopic (exact) mass is 282 g/mol. The molecule has 0 amide bonds. The summed E-state index contributed by atoms with van der Waals surface area (Å²) in [5.41, 5.74) is 0.0727. The van der Waals surface area contributed by atoms with E-state index in [1.54, 1.807) is 0 Å². The lowest BCUT2D eigenvalue weighted by Gasteiger charge is -2.41. The van der Waals surface area contributed by atoms with Gasteiger partial charge in [-0.15, -0.1) is 0 Å². The Bertz CT molecular complexity index is 278. The summed E-state index contributed by atoms with van der Waals surface area (Å²) in [5.74, 6) is 0.900. The Hall–Kier alpha value is -0.120. The first-order valence-electron chi connectivity index (χ1n) is 8.68. The zero-order valence-electron chi connectivity index (χ0n) is 13.8. The lowest BCUT2D eigenvalue weighted by molar-refractivity contribution is -0.0534. The molecule has 1 aliphatic carbocycles. The molecule has 0 spiro atoms. The van der Waals surface area contributed by atoms with E-state index in [4.69, 9.17) is 4.74 Å². The van der Waals surface area contributed by atoms with Gasteiger partial charge in [-0.25, -0.2) is 0 Å². The Kier molecular flexibility index (Phi) is 6.31. The van der Waals surface area contributed by atoms with Crippen LogP contribution in [0.5, 0.6) is 0 Å². The van der Waals surface area contributed by atoms with Crippen molar-refractivity contribution in [2.75, 3.05) is 33.3 Å². The maximum absolute atomic E-state index is 5.73. The van der Waals surface area contributed by atoms with Crippen LogP contribution in [-0.2, 0) is 4.74 Å². The summed E-state index contributed by atoms with van der Waals surface area (Å²) in [6.07, 6.45) is 9.44. The zero-order chi connectivity index (χ0) is 14.4. The maximum Gasteiger partial charge on any atom is 0.0777 e. The number of rotatable bonds is 7. The molecule has 20 heavy (non-hydrogen) atoms. The SMILES string of the molecule is CCCNC(CN1CCCC(C)(OC)C1)C1CCCC1. The number of methoxy groups -OCH3 is 1. The molecule has 0 radical (unpaired) electrons. The molecule has 0 aromatic carbocycles. The lowest BCUT2D eigenvalue weighted by Crippen LogP contribution is -2.53. The predicted octanol–water partition coefficient (Wildman–Crippen LogP) is 3.05. The average Bonchev–Trinajstić information content (AvgIpc) is 2.97. The molecule has 2 atom stereocenters. The summed E-state index contributed by atoms with van der Waals surface area (Å²) >= 11 is 0. The first-order valence-corrected chi connectivity index (χ1v) is 8.68. The van der Waals surface area contributed by atoms with Crippen molar-refractivity contribution < 1.29 is 4.74 Å². The topological polar surface area (TPSA) is 24.5 Å². The second-order valence-electron chi connectivity index (χ2n) is 7.10. The van der Waals surface area contributed by atoms with E-state index in [1.807, 2.05) is 7.11 Å². The van der Waals surface area contributed by atoms with Crippen molar-refractivity contribution >= 4 is 0 Å². The Morgan fingerprint density at radius 2 is 2.05 bits per heavy atom. The number of nitrogens with zero attached hydrogens (tertiary/aromatic N) is 1. The minimum absolute atomic E-state index is 0.0727. The highest BCUT2D eigenvalue weighted by atomic mass is 16.5. The van der Waals surface area contributed by atoms with Crippen molar-refractivity contribution in [3.8, 4) is 0 Å². The number of hydrogen-bond acceptors (Lipinski definition) is 3. The van der Waals surface area contributed by atoms with Crippen LogP contribution in [0, 0.1) is 5.92 Å². The summed E-state index contributed by atoms with van der Waals surface area (Å²) < 4.78 is 5.73. The molecule has 118 valence electrons. The molecule has 2 aliphatic rings. The van der Waals surface area contributed by atoms with Gasteiger partial charge in [-0.1, -0.05) is 19.8 Å². The summed E-state index contributed by atoms with van der Waals surface area (Å²) in [4.78, 5) is 2.64. The fourth-order valence-electron chi connectivity index (χ4n) is 3.98. The summed E-state index contributed by atoms with van der Waals surface area (Å²) in [6, 6.07) is 0.691. The van der Waals surface area contributed by atoms with Crippen LogP contribution in [0.4, 0.5) is 0 Å². The first-order chi connectivity index (χ1) is 9.67. The minimum atomic E-state index is 0.0727. The van der Waals surface area contributed by atoms with Crippen LogP contribution in [0.3, 0.4) is 0 Å². The molecule has 2 rings (SSSR count). The molecule has 2 unspecified atom stereocenters. The molecule has 1 aliphatic heterocycles. The average molecular weight is 282 g/mol. The number of hydrogen-bond donors (Lipinski definition) is 1. The fraction of sp³-hybridized carbons (Fsp3) is 1.00. The quantitative estimate of drug-likeness (QED) is 0.777. The minimum Gasteiger partial charge on any atom is -0.377 e. The molecule has 0 aromatic heterocycles. The van der Waals surface area contributed by atoms with E-state index in [2.05, 4.69) is 24.1 Å². The van der Waals surface area contributed by atoms with Crippen LogP contribution in [-0.4, -0.2) is 49.8 Å². The smallest absolute Gasteiger partial charge is 0.0777 e. The third-order valence-electron chi connectivity index (χ3n) is 5.31. The highest BCUT2D eigenvalue weighted by molar-refractivity contribution is 4.89. The van der Waals surface area contributed by atoms with E-state index in [-0.39, 0.29) is 5.60 Å². The molecule has 0 aromatic rings. The molecule has 3 nitrogen and oxygen atoms in total. The summed E-state index contributed by atoms with van der Waals surface area (Å²) in [6.45, 7) is 9.25. The van der Waals surface area contributed by atoms with E-state index in [1.165, 1.54) is 58.0 Å². The van der Waals surface area contributed by atoms with Crippen molar-refractivity contribution in [3.63, 3.8) is 0 Å². The Morgan fingerprint density at radius 1 is 1.30 bits per heavy atom. The number of nitrogens with one attached hydrogen (secondary N) is 1. The van der Waals surface area contributed by atoms with E-state index in [9.17, 15) is 0 Å². The highest BCUT2D eigenvalue weighted by Crippen LogP contribution is 2.30. The second kappa shape index (κ2) is 7.77. The van der Waals surface area contributed by atoms with Crippen molar-refractivity contribution in [2.24, 2.45) is 5.92 Å². The van der Waals surface area contributed by atoms with Gasteiger partial charge in [0.2, 0.25) is 0 Å². The number of ether oxygens (including phenoxy) is 1. The van der Waals surface area contributed by atoms with Gasteiger partial charge in [-0.3, -0.25) is 4.90 Å². The maximum atomic E-state index is 5.73. The van der Waals surface area contributed by atoms with Crippen molar-refractivity contribution in [2.45, 2.75) is 70.4 Å². The largest absolute Gasteiger partial charge is 0.377 e. The van der Waals surface area contributed by atoms with E-state index in [0.29, 0.717) is 6.04 Å². The summed E-state index contributed by atoms with van der Waals surface area (Å²) in [7, 11) is 1.87. The molecule has 1 saturated carbocycles. The van der Waals surface area contributed by atoms with E-state index in [0.717, 1.165) is 19.0 Å². The van der Waals surface area contributed by atoms with Crippen molar-refractivity contribution in [1.82, 2.24) is 10.2 Å². The predicted molar refractivity (Wildman–Crippen MR) is 85.1 cm³/mol. The normalized spacial score (nSPS) is 30.8. The van der Waals surface area contributed by atoms with Gasteiger partial charge in [0.25, 0.3) is 0 Å². The van der Waals surface area contributed by atoms with Gasteiger partial charge in [-0.05, 0) is 58.0 Å². The van der Waals surface area contributed by atoms with Crippen LogP contribution in [0.1, 0.15) is 58.8 Å². The van der Waals surface area contributed by atoms with Gasteiger partial charge >= 0.3 is 0 Å². The summed E-state index contributed by atoms with van der Waals surface area (Å²) in [5, 5.41) is 3.82. The number of likely N-dealkylation sites (tertiary alicyclic amines) is 1. The number of piperidine rings is 1. The van der Waals surface area contributed by atoms with Gasteiger partial charge in [0.15, 0.2) is 0 Å². The third kappa shape index (κ3) is 4.44. The van der Waals surface area contributed by atoms with Crippen LogP contribution in [0.25, 0.3) is 0 Å². The Balaban J connectivity index is 1.88. The molecule has 1 heterocycles. The van der Waals surface area contributed by atoms with Crippen LogP contribution < -0.4 is 5.32 Å². The lowest BCUT2D eigenvalue weighted by atomic mass is 9.92. The zero-order valence-corrected chi connectivity index (χ0v) is 13.8. The van der Waals surface area contributed by atoms with Crippen LogP contribution >= 0.6 is 0 Å². The van der Waals surface area contributed by atoms with Crippen molar-refractivity contribution in [3.05, 3.63) is 0 Å².